The number of hydrogen-bond donors (Lipinski definition) is 1. The summed E-state index contributed by atoms with van der Waals surface area (Å²) in [6, 6.07) is 2.03. The highest BCUT2D eigenvalue weighted by Gasteiger charge is 2.06. The number of nitrogens with one attached hydrogen (secondary N) is 1. The number of rotatable bonds is 2. The molecule has 0 aliphatic heterocycles. The highest BCUT2D eigenvalue weighted by molar-refractivity contribution is 9.10. The summed E-state index contributed by atoms with van der Waals surface area (Å²) in [4.78, 5) is 0. The Labute approximate surface area is 96.0 Å². The summed E-state index contributed by atoms with van der Waals surface area (Å²) >= 11 is 3.07. The summed E-state index contributed by atoms with van der Waals surface area (Å²) in [7, 11) is 1.82. The van der Waals surface area contributed by atoms with Gasteiger partial charge < -0.3 is 5.32 Å². The van der Waals surface area contributed by atoms with Gasteiger partial charge in [-0.3, -0.25) is 0 Å². The quantitative estimate of drug-likeness (QED) is 0.646. The molecular formula is C11H10BrF2N. The Morgan fingerprint density at radius 2 is 2.13 bits per heavy atom. The molecule has 0 atom stereocenters. The lowest BCUT2D eigenvalue weighted by Gasteiger charge is -1.98. The summed E-state index contributed by atoms with van der Waals surface area (Å²) < 4.78 is 26.3. The first-order valence-corrected chi connectivity index (χ1v) is 5.22. The molecule has 0 spiro atoms. The molecule has 0 radical (unpaired) electrons. The predicted molar refractivity (Wildman–Crippen MR) is 59.5 cm³/mol. The van der Waals surface area contributed by atoms with Gasteiger partial charge in [0.25, 0.3) is 0 Å². The van der Waals surface area contributed by atoms with E-state index in [1.807, 2.05) is 7.05 Å². The van der Waals surface area contributed by atoms with Crippen molar-refractivity contribution in [2.45, 2.75) is 6.42 Å². The van der Waals surface area contributed by atoms with Crippen molar-refractivity contribution in [3.05, 3.63) is 33.8 Å². The average Bonchev–Trinajstić information content (AvgIpc) is 2.15. The van der Waals surface area contributed by atoms with Crippen molar-refractivity contribution in [2.24, 2.45) is 0 Å². The molecule has 80 valence electrons. The smallest absolute Gasteiger partial charge is 0.142 e. The van der Waals surface area contributed by atoms with Crippen LogP contribution in [-0.2, 0) is 0 Å². The maximum atomic E-state index is 13.2. The molecule has 1 aromatic carbocycles. The monoisotopic (exact) mass is 273 g/mol. The van der Waals surface area contributed by atoms with Crippen LogP contribution in [0.4, 0.5) is 8.78 Å². The predicted octanol–water partition coefficient (Wildman–Crippen LogP) is 2.69. The van der Waals surface area contributed by atoms with Crippen LogP contribution in [-0.4, -0.2) is 13.6 Å². The lowest BCUT2D eigenvalue weighted by molar-refractivity contribution is 0.579. The minimum absolute atomic E-state index is 0.201. The third-order valence-electron chi connectivity index (χ3n) is 1.72. The van der Waals surface area contributed by atoms with Gasteiger partial charge in [-0.2, -0.15) is 0 Å². The van der Waals surface area contributed by atoms with Crippen LogP contribution in [0, 0.1) is 23.5 Å². The zero-order valence-corrected chi connectivity index (χ0v) is 9.79. The summed E-state index contributed by atoms with van der Waals surface area (Å²) in [5, 5.41) is 2.92. The molecule has 0 fully saturated rings. The van der Waals surface area contributed by atoms with Crippen LogP contribution in [0.15, 0.2) is 16.6 Å². The SMILES string of the molecule is CNCCC#Cc1c(F)cc(F)cc1Br. The molecule has 0 unspecified atom stereocenters. The molecule has 0 saturated carbocycles. The molecule has 1 aromatic rings. The van der Waals surface area contributed by atoms with Crippen molar-refractivity contribution in [1.29, 1.82) is 0 Å². The van der Waals surface area contributed by atoms with E-state index in [4.69, 9.17) is 0 Å². The van der Waals surface area contributed by atoms with E-state index >= 15 is 0 Å². The minimum Gasteiger partial charge on any atom is -0.319 e. The van der Waals surface area contributed by atoms with Gasteiger partial charge in [-0.15, -0.1) is 0 Å². The maximum absolute atomic E-state index is 13.2. The van der Waals surface area contributed by atoms with Gasteiger partial charge in [-0.05, 0) is 29.0 Å². The molecule has 0 aliphatic rings. The molecule has 0 amide bonds. The topological polar surface area (TPSA) is 12.0 Å². The first-order valence-electron chi connectivity index (χ1n) is 4.43. The van der Waals surface area contributed by atoms with E-state index in [-0.39, 0.29) is 5.56 Å². The molecule has 0 aromatic heterocycles. The molecule has 0 heterocycles. The van der Waals surface area contributed by atoms with Gasteiger partial charge in [0.1, 0.15) is 11.6 Å². The molecule has 0 aliphatic carbocycles. The van der Waals surface area contributed by atoms with Crippen LogP contribution >= 0.6 is 15.9 Å². The molecule has 1 N–H and O–H groups in total. The van der Waals surface area contributed by atoms with Crippen LogP contribution < -0.4 is 5.32 Å². The summed E-state index contributed by atoms with van der Waals surface area (Å²) in [5.74, 6) is 4.21. The highest BCUT2D eigenvalue weighted by Crippen LogP contribution is 2.20. The lowest BCUT2D eigenvalue weighted by atomic mass is 10.2. The third kappa shape index (κ3) is 3.61. The van der Waals surface area contributed by atoms with Gasteiger partial charge in [0, 0.05) is 23.5 Å². The van der Waals surface area contributed by atoms with Crippen LogP contribution in [0.25, 0.3) is 0 Å². The summed E-state index contributed by atoms with van der Waals surface area (Å²) in [6.07, 6.45) is 0.625. The zero-order chi connectivity index (χ0) is 11.3. The average molecular weight is 274 g/mol. The fraction of sp³-hybridized carbons (Fsp3) is 0.273. The van der Waals surface area contributed by atoms with Crippen molar-refractivity contribution < 1.29 is 8.78 Å². The van der Waals surface area contributed by atoms with Gasteiger partial charge in [0.2, 0.25) is 0 Å². The van der Waals surface area contributed by atoms with Crippen molar-refractivity contribution in [1.82, 2.24) is 5.32 Å². The maximum Gasteiger partial charge on any atom is 0.142 e. The van der Waals surface area contributed by atoms with E-state index < -0.39 is 11.6 Å². The minimum atomic E-state index is -0.640. The fourth-order valence-electron chi connectivity index (χ4n) is 1.00. The van der Waals surface area contributed by atoms with E-state index in [2.05, 4.69) is 33.1 Å². The largest absolute Gasteiger partial charge is 0.319 e. The highest BCUT2D eigenvalue weighted by atomic mass is 79.9. The van der Waals surface area contributed by atoms with Gasteiger partial charge in [-0.25, -0.2) is 8.78 Å². The van der Waals surface area contributed by atoms with E-state index in [0.717, 1.165) is 12.6 Å². The van der Waals surface area contributed by atoms with E-state index in [0.29, 0.717) is 10.9 Å². The molecule has 1 nitrogen and oxygen atoms in total. The van der Waals surface area contributed by atoms with Crippen LogP contribution in [0.3, 0.4) is 0 Å². The van der Waals surface area contributed by atoms with Crippen molar-refractivity contribution in [3.8, 4) is 11.8 Å². The lowest BCUT2D eigenvalue weighted by Crippen LogP contribution is -2.05. The van der Waals surface area contributed by atoms with Gasteiger partial charge in [0.05, 0.1) is 5.56 Å². The summed E-state index contributed by atoms with van der Waals surface area (Å²) in [6.45, 7) is 0.743. The molecule has 0 saturated heterocycles. The van der Waals surface area contributed by atoms with E-state index in [9.17, 15) is 8.78 Å². The second-order valence-corrected chi connectivity index (χ2v) is 3.75. The van der Waals surface area contributed by atoms with Crippen LogP contribution in [0.2, 0.25) is 0 Å². The molecule has 0 bridgehead atoms. The normalized spacial score (nSPS) is 9.60. The van der Waals surface area contributed by atoms with Gasteiger partial charge in [-0.1, -0.05) is 11.8 Å². The Kier molecular flexibility index (Phi) is 4.73. The van der Waals surface area contributed by atoms with E-state index in [1.54, 1.807) is 0 Å². The molecular weight excluding hydrogens is 264 g/mol. The molecule has 1 rings (SSSR count). The second-order valence-electron chi connectivity index (χ2n) is 2.90. The van der Waals surface area contributed by atoms with Crippen molar-refractivity contribution >= 4 is 15.9 Å². The fourth-order valence-corrected chi connectivity index (χ4v) is 1.51. The van der Waals surface area contributed by atoms with Crippen LogP contribution in [0.1, 0.15) is 12.0 Å². The molecule has 4 heteroatoms. The Morgan fingerprint density at radius 1 is 1.40 bits per heavy atom. The Hall–Kier alpha value is -0.920. The van der Waals surface area contributed by atoms with Gasteiger partial charge in [0.15, 0.2) is 0 Å². The third-order valence-corrected chi connectivity index (χ3v) is 2.35. The Balaban J connectivity index is 2.88. The van der Waals surface area contributed by atoms with E-state index in [1.165, 1.54) is 6.07 Å². The summed E-state index contributed by atoms with van der Waals surface area (Å²) in [5.41, 5.74) is 0.201. The van der Waals surface area contributed by atoms with Gasteiger partial charge >= 0.3 is 0 Å². The number of hydrogen-bond acceptors (Lipinski definition) is 1. The Bertz CT molecular complexity index is 384. The second kappa shape index (κ2) is 5.84. The number of benzene rings is 1. The van der Waals surface area contributed by atoms with Crippen molar-refractivity contribution in [3.63, 3.8) is 0 Å². The zero-order valence-electron chi connectivity index (χ0n) is 8.20. The van der Waals surface area contributed by atoms with Crippen molar-refractivity contribution in [2.75, 3.05) is 13.6 Å². The standard InChI is InChI=1S/C11H10BrF2N/c1-15-5-3-2-4-9-10(12)6-8(13)7-11(9)14/h6-7,15H,3,5H2,1H3. The first-order chi connectivity index (χ1) is 7.15. The Morgan fingerprint density at radius 3 is 2.73 bits per heavy atom. The molecule has 15 heavy (non-hydrogen) atoms. The van der Waals surface area contributed by atoms with Crippen LogP contribution in [0.5, 0.6) is 0 Å². The number of halogens is 3. The first kappa shape index (κ1) is 12.2.